The molecule has 31 heavy (non-hydrogen) atoms. The number of hydrogen-bond donors (Lipinski definition) is 1. The predicted octanol–water partition coefficient (Wildman–Crippen LogP) is 4.99. The molecule has 4 rings (SSSR count). The lowest BCUT2D eigenvalue weighted by Crippen LogP contribution is -2.35. The minimum atomic E-state index is 0.0717. The highest BCUT2D eigenvalue weighted by Crippen LogP contribution is 2.26. The number of nitrogens with zero attached hydrogens (tertiary/aromatic N) is 1. The Balaban J connectivity index is 0.000000287. The number of fused-ring (bicyclic) bond motifs is 1. The lowest BCUT2D eigenvalue weighted by molar-refractivity contribution is -0.132. The third kappa shape index (κ3) is 7.42. The minimum Gasteiger partial charge on any atom is -0.494 e. The quantitative estimate of drug-likeness (QED) is 0.667. The molecule has 2 amide bonds. The van der Waals surface area contributed by atoms with Crippen molar-refractivity contribution in [3.63, 3.8) is 0 Å². The first-order valence-electron chi connectivity index (χ1n) is 11.5. The highest BCUT2D eigenvalue weighted by molar-refractivity contribution is 5.94. The first-order valence-corrected chi connectivity index (χ1v) is 11.5. The van der Waals surface area contributed by atoms with Crippen molar-refractivity contribution in [1.82, 2.24) is 4.90 Å². The maximum atomic E-state index is 12.1. The summed E-state index contributed by atoms with van der Waals surface area (Å²) in [4.78, 5) is 25.4. The molecule has 5 heteroatoms. The largest absolute Gasteiger partial charge is 0.494 e. The molecule has 2 aliphatic rings. The van der Waals surface area contributed by atoms with Gasteiger partial charge >= 0.3 is 0 Å². The Hall–Kier alpha value is -2.82. The molecule has 0 bridgehead atoms. The Morgan fingerprint density at radius 1 is 1.03 bits per heavy atom. The molecule has 0 saturated carbocycles. The molecule has 2 heterocycles. The van der Waals surface area contributed by atoms with E-state index in [-0.39, 0.29) is 11.8 Å². The molecule has 166 valence electrons. The third-order valence-corrected chi connectivity index (χ3v) is 5.74. The standard InChI is InChI=1S/C18H24N2O3.C8H10/c21-17-9-6-14-13-15(7-8-16(14)19-17)23-12-4-5-18(22)20-10-2-1-3-11-20;1-2-8-6-4-3-5-7-8/h7-8,13H,1-6,9-12H2,(H,19,21);3-7H,2H2,1H3. The molecule has 0 spiro atoms. The summed E-state index contributed by atoms with van der Waals surface area (Å²) < 4.78 is 5.75. The van der Waals surface area contributed by atoms with Crippen molar-refractivity contribution >= 4 is 17.5 Å². The summed E-state index contributed by atoms with van der Waals surface area (Å²) in [6.45, 7) is 4.53. The van der Waals surface area contributed by atoms with Crippen molar-refractivity contribution < 1.29 is 14.3 Å². The number of aryl methyl sites for hydroxylation is 2. The van der Waals surface area contributed by atoms with Gasteiger partial charge in [0.15, 0.2) is 0 Å². The SMILES string of the molecule is CCc1ccccc1.O=C1CCc2cc(OCCCC(=O)N3CCCCC3)ccc2N1. The molecule has 0 atom stereocenters. The van der Waals surface area contributed by atoms with Crippen LogP contribution in [0.15, 0.2) is 48.5 Å². The average molecular weight is 423 g/mol. The van der Waals surface area contributed by atoms with E-state index < -0.39 is 0 Å². The molecule has 1 fully saturated rings. The van der Waals surface area contributed by atoms with Crippen molar-refractivity contribution in [2.45, 2.75) is 58.3 Å². The zero-order valence-corrected chi connectivity index (χ0v) is 18.6. The fraction of sp³-hybridized carbons (Fsp3) is 0.462. The molecule has 2 aromatic rings. The molecule has 1 N–H and O–H groups in total. The van der Waals surface area contributed by atoms with E-state index in [0.29, 0.717) is 19.4 Å². The van der Waals surface area contributed by atoms with Gasteiger partial charge in [0.1, 0.15) is 5.75 Å². The van der Waals surface area contributed by atoms with E-state index in [0.717, 1.165) is 62.2 Å². The van der Waals surface area contributed by atoms with Gasteiger partial charge in [-0.1, -0.05) is 37.3 Å². The number of carbonyl (C=O) groups excluding carboxylic acids is 2. The zero-order valence-electron chi connectivity index (χ0n) is 18.6. The van der Waals surface area contributed by atoms with Crippen LogP contribution in [0.2, 0.25) is 0 Å². The Labute approximate surface area is 185 Å². The number of amides is 2. The lowest BCUT2D eigenvalue weighted by Gasteiger charge is -2.26. The number of piperidine rings is 1. The number of hydrogen-bond acceptors (Lipinski definition) is 3. The van der Waals surface area contributed by atoms with Gasteiger partial charge in [0.2, 0.25) is 11.8 Å². The zero-order chi connectivity index (χ0) is 21.9. The lowest BCUT2D eigenvalue weighted by atomic mass is 10.0. The molecule has 5 nitrogen and oxygen atoms in total. The number of benzene rings is 2. The molecule has 0 radical (unpaired) electrons. The molecular weight excluding hydrogens is 388 g/mol. The summed E-state index contributed by atoms with van der Waals surface area (Å²) >= 11 is 0. The van der Waals surface area contributed by atoms with Gasteiger partial charge < -0.3 is 15.0 Å². The van der Waals surface area contributed by atoms with Crippen LogP contribution in [0.1, 0.15) is 56.6 Å². The molecular formula is C26H34N2O3. The second-order valence-electron chi connectivity index (χ2n) is 8.10. The second kappa shape index (κ2) is 12.1. The van der Waals surface area contributed by atoms with Crippen LogP contribution in [0.3, 0.4) is 0 Å². The van der Waals surface area contributed by atoms with Crippen molar-refractivity contribution in [2.24, 2.45) is 0 Å². The van der Waals surface area contributed by atoms with Crippen molar-refractivity contribution in [3.05, 3.63) is 59.7 Å². The summed E-state index contributed by atoms with van der Waals surface area (Å²) in [5.74, 6) is 1.13. The highest BCUT2D eigenvalue weighted by Gasteiger charge is 2.17. The normalized spacial score (nSPS) is 15.3. The van der Waals surface area contributed by atoms with E-state index in [9.17, 15) is 9.59 Å². The van der Waals surface area contributed by atoms with Gasteiger partial charge in [-0.05, 0) is 67.9 Å². The van der Waals surface area contributed by atoms with Gasteiger partial charge in [0.05, 0.1) is 6.61 Å². The monoisotopic (exact) mass is 422 g/mol. The van der Waals surface area contributed by atoms with E-state index >= 15 is 0 Å². The van der Waals surface area contributed by atoms with E-state index in [1.807, 2.05) is 29.2 Å². The topological polar surface area (TPSA) is 58.6 Å². The molecule has 0 unspecified atom stereocenters. The van der Waals surface area contributed by atoms with Crippen LogP contribution >= 0.6 is 0 Å². The van der Waals surface area contributed by atoms with Gasteiger partial charge in [-0.25, -0.2) is 0 Å². The molecule has 0 aliphatic carbocycles. The molecule has 2 aliphatic heterocycles. The highest BCUT2D eigenvalue weighted by atomic mass is 16.5. The van der Waals surface area contributed by atoms with Crippen LogP contribution in [0, 0.1) is 0 Å². The molecule has 0 aromatic heterocycles. The minimum absolute atomic E-state index is 0.0717. The predicted molar refractivity (Wildman–Crippen MR) is 124 cm³/mol. The van der Waals surface area contributed by atoms with Gasteiger partial charge in [-0.2, -0.15) is 0 Å². The molecule has 2 aromatic carbocycles. The van der Waals surface area contributed by atoms with Gasteiger partial charge in [0, 0.05) is 31.6 Å². The van der Waals surface area contributed by atoms with Crippen LogP contribution in [-0.2, 0) is 22.4 Å². The number of anilines is 1. The number of carbonyl (C=O) groups is 2. The van der Waals surface area contributed by atoms with Crippen LogP contribution in [0.25, 0.3) is 0 Å². The summed E-state index contributed by atoms with van der Waals surface area (Å²) in [6, 6.07) is 16.2. The molecule has 1 saturated heterocycles. The summed E-state index contributed by atoms with van der Waals surface area (Å²) in [5.41, 5.74) is 3.41. The van der Waals surface area contributed by atoms with Gasteiger partial charge in [-0.3, -0.25) is 9.59 Å². The van der Waals surface area contributed by atoms with E-state index in [1.54, 1.807) is 0 Å². The van der Waals surface area contributed by atoms with Crippen molar-refractivity contribution in [3.8, 4) is 5.75 Å². The maximum Gasteiger partial charge on any atom is 0.224 e. The van der Waals surface area contributed by atoms with Crippen LogP contribution in [0.4, 0.5) is 5.69 Å². The Bertz CT molecular complexity index is 845. The number of likely N-dealkylation sites (tertiary alicyclic amines) is 1. The second-order valence-corrected chi connectivity index (χ2v) is 8.10. The smallest absolute Gasteiger partial charge is 0.224 e. The summed E-state index contributed by atoms with van der Waals surface area (Å²) in [6.07, 6.45) is 7.23. The van der Waals surface area contributed by atoms with Crippen LogP contribution in [-0.4, -0.2) is 36.4 Å². The number of ether oxygens (including phenoxy) is 1. The van der Waals surface area contributed by atoms with E-state index in [2.05, 4.69) is 36.5 Å². The fourth-order valence-corrected chi connectivity index (χ4v) is 3.88. The Kier molecular flexibility index (Phi) is 8.95. The Morgan fingerprint density at radius 3 is 2.52 bits per heavy atom. The third-order valence-electron chi connectivity index (χ3n) is 5.74. The van der Waals surface area contributed by atoms with Crippen molar-refractivity contribution in [2.75, 3.05) is 25.0 Å². The summed E-state index contributed by atoms with van der Waals surface area (Å²) in [5, 5.41) is 2.86. The first kappa shape index (κ1) is 22.9. The van der Waals surface area contributed by atoms with Crippen molar-refractivity contribution in [1.29, 1.82) is 0 Å². The summed E-state index contributed by atoms with van der Waals surface area (Å²) in [7, 11) is 0. The Morgan fingerprint density at radius 2 is 1.81 bits per heavy atom. The average Bonchev–Trinajstić information content (AvgIpc) is 2.83. The van der Waals surface area contributed by atoms with E-state index in [4.69, 9.17) is 4.74 Å². The fourth-order valence-electron chi connectivity index (χ4n) is 3.88. The van der Waals surface area contributed by atoms with Gasteiger partial charge in [-0.15, -0.1) is 0 Å². The van der Waals surface area contributed by atoms with Crippen LogP contribution < -0.4 is 10.1 Å². The van der Waals surface area contributed by atoms with E-state index in [1.165, 1.54) is 12.0 Å². The number of rotatable bonds is 6. The van der Waals surface area contributed by atoms with Crippen LogP contribution in [0.5, 0.6) is 5.75 Å². The van der Waals surface area contributed by atoms with Gasteiger partial charge in [0.25, 0.3) is 0 Å². The number of nitrogens with one attached hydrogen (secondary N) is 1. The first-order chi connectivity index (χ1) is 15.2. The maximum absolute atomic E-state index is 12.1.